The molecule has 2 aromatic carbocycles. The van der Waals surface area contributed by atoms with Crippen molar-refractivity contribution in [3.63, 3.8) is 0 Å². The second-order valence-electron chi connectivity index (χ2n) is 5.40. The molecular weight excluding hydrogens is 322 g/mol. The number of rotatable bonds is 5. The number of hydrogen-bond acceptors (Lipinski definition) is 5. The van der Waals surface area contributed by atoms with E-state index >= 15 is 0 Å². The van der Waals surface area contributed by atoms with Gasteiger partial charge in [-0.3, -0.25) is 10.7 Å². The second kappa shape index (κ2) is 7.51. The first-order valence-corrected chi connectivity index (χ1v) is 8.70. The lowest BCUT2D eigenvalue weighted by atomic mass is 9.96. The van der Waals surface area contributed by atoms with Gasteiger partial charge in [0, 0.05) is 11.3 Å². The van der Waals surface area contributed by atoms with Gasteiger partial charge in [-0.05, 0) is 23.8 Å². The molecule has 1 heterocycles. The lowest BCUT2D eigenvalue weighted by molar-refractivity contribution is -0.255. The Morgan fingerprint density at radius 3 is 2.83 bits per heavy atom. The summed E-state index contributed by atoms with van der Waals surface area (Å²) in [4.78, 5) is 16.1. The average molecular weight is 342 g/mol. The van der Waals surface area contributed by atoms with Crippen LogP contribution in [0, 0.1) is 0 Å². The molecule has 2 aromatic rings. The summed E-state index contributed by atoms with van der Waals surface area (Å²) in [5.74, 6) is 1.59. The van der Waals surface area contributed by atoms with Crippen LogP contribution in [-0.2, 0) is 0 Å². The Morgan fingerprint density at radius 2 is 2.12 bits per heavy atom. The normalized spacial score (nSPS) is 14.8. The zero-order valence-electron chi connectivity index (χ0n) is 13.5. The number of carbonyl (C=O) groups excluding carboxylic acids is 1. The van der Waals surface area contributed by atoms with Crippen LogP contribution in [0.4, 0.5) is 0 Å². The number of aliphatic imine (C=N–C) groups is 1. The van der Waals surface area contributed by atoms with E-state index in [1.165, 1.54) is 0 Å². The fraction of sp³-hybridized carbons (Fsp3) is 0.222. The number of amides is 1. The van der Waals surface area contributed by atoms with Crippen molar-refractivity contribution in [3.8, 4) is 5.75 Å². The van der Waals surface area contributed by atoms with Gasteiger partial charge in [0.2, 0.25) is 0 Å². The van der Waals surface area contributed by atoms with E-state index in [2.05, 4.69) is 16.0 Å². The number of para-hydroxylation sites is 1. The summed E-state index contributed by atoms with van der Waals surface area (Å²) < 4.78 is 5.52. The number of nitrogens with one attached hydrogen (secondary N) is 1. The number of ether oxygens (including phenoxy) is 1. The summed E-state index contributed by atoms with van der Waals surface area (Å²) in [6, 6.07) is 15.3. The number of carbonyl (C=O) groups is 1. The molecule has 0 aromatic heterocycles. The van der Waals surface area contributed by atoms with Crippen LogP contribution in [-0.4, -0.2) is 30.5 Å². The molecule has 0 spiro atoms. The minimum atomic E-state index is -0.191. The SMILES string of the molecule is COc1ccccc1C(NC1=NCCS1)c1cccc(C([NH3+])=O)c1. The van der Waals surface area contributed by atoms with E-state index < -0.39 is 0 Å². The van der Waals surface area contributed by atoms with Crippen molar-refractivity contribution in [1.82, 2.24) is 5.32 Å². The molecule has 1 unspecified atom stereocenters. The summed E-state index contributed by atoms with van der Waals surface area (Å²) >= 11 is 1.70. The van der Waals surface area contributed by atoms with Crippen LogP contribution in [0.3, 0.4) is 0 Å². The maximum absolute atomic E-state index is 11.6. The van der Waals surface area contributed by atoms with E-state index in [4.69, 9.17) is 4.74 Å². The number of quaternary nitrogens is 1. The molecule has 6 heteroatoms. The maximum atomic E-state index is 11.6. The van der Waals surface area contributed by atoms with Crippen LogP contribution in [0.15, 0.2) is 53.5 Å². The van der Waals surface area contributed by atoms with Gasteiger partial charge in [-0.25, -0.2) is 4.79 Å². The number of nitrogens with zero attached hydrogens (tertiary/aromatic N) is 1. The van der Waals surface area contributed by atoms with E-state index in [0.717, 1.165) is 34.3 Å². The minimum Gasteiger partial charge on any atom is -0.496 e. The van der Waals surface area contributed by atoms with Gasteiger partial charge in [-0.15, -0.1) is 0 Å². The molecule has 1 aliphatic heterocycles. The Kier molecular flexibility index (Phi) is 5.17. The number of hydrogen-bond donors (Lipinski definition) is 2. The molecule has 3 rings (SSSR count). The van der Waals surface area contributed by atoms with Gasteiger partial charge in [0.25, 0.3) is 0 Å². The summed E-state index contributed by atoms with van der Waals surface area (Å²) in [6.45, 7) is 0.822. The fourth-order valence-electron chi connectivity index (χ4n) is 2.68. The minimum absolute atomic E-state index is 0.148. The average Bonchev–Trinajstić information content (AvgIpc) is 3.13. The van der Waals surface area contributed by atoms with Crippen LogP contribution in [0.2, 0.25) is 0 Å². The molecule has 0 radical (unpaired) electrons. The van der Waals surface area contributed by atoms with E-state index in [0.29, 0.717) is 5.56 Å². The third-order valence-electron chi connectivity index (χ3n) is 3.85. The maximum Gasteiger partial charge on any atom is 0.340 e. The van der Waals surface area contributed by atoms with Crippen LogP contribution in [0.1, 0.15) is 27.5 Å². The highest BCUT2D eigenvalue weighted by Crippen LogP contribution is 2.31. The summed E-state index contributed by atoms with van der Waals surface area (Å²) in [6.07, 6.45) is 0. The highest BCUT2D eigenvalue weighted by Gasteiger charge is 2.22. The lowest BCUT2D eigenvalue weighted by Crippen LogP contribution is -2.56. The number of thioether (sulfide) groups is 1. The summed E-state index contributed by atoms with van der Waals surface area (Å²) in [5, 5.41) is 4.40. The van der Waals surface area contributed by atoms with Crippen LogP contribution >= 0.6 is 11.8 Å². The van der Waals surface area contributed by atoms with Gasteiger partial charge in [0.05, 0.1) is 25.3 Å². The van der Waals surface area contributed by atoms with Crippen LogP contribution in [0.5, 0.6) is 5.75 Å². The van der Waals surface area contributed by atoms with Gasteiger partial charge in [-0.1, -0.05) is 42.1 Å². The third kappa shape index (κ3) is 3.60. The van der Waals surface area contributed by atoms with Gasteiger partial charge in [0.15, 0.2) is 5.17 Å². The molecule has 1 aliphatic rings. The highest BCUT2D eigenvalue weighted by atomic mass is 32.2. The van der Waals surface area contributed by atoms with Crippen molar-refractivity contribution in [3.05, 3.63) is 65.2 Å². The highest BCUT2D eigenvalue weighted by molar-refractivity contribution is 8.14. The van der Waals surface area contributed by atoms with Crippen molar-refractivity contribution in [1.29, 1.82) is 0 Å². The van der Waals surface area contributed by atoms with Crippen molar-refractivity contribution in [2.45, 2.75) is 6.04 Å². The molecule has 0 saturated carbocycles. The lowest BCUT2D eigenvalue weighted by Gasteiger charge is -2.22. The van der Waals surface area contributed by atoms with Crippen molar-refractivity contribution < 1.29 is 15.3 Å². The molecule has 24 heavy (non-hydrogen) atoms. The number of methoxy groups -OCH3 is 1. The molecule has 1 atom stereocenters. The largest absolute Gasteiger partial charge is 0.496 e. The Balaban J connectivity index is 2.04. The van der Waals surface area contributed by atoms with Crippen molar-refractivity contribution >= 4 is 22.8 Å². The molecule has 0 bridgehead atoms. The van der Waals surface area contributed by atoms with Crippen LogP contribution in [0.25, 0.3) is 0 Å². The van der Waals surface area contributed by atoms with E-state index in [9.17, 15) is 4.79 Å². The molecule has 0 aliphatic carbocycles. The zero-order chi connectivity index (χ0) is 16.9. The number of benzene rings is 2. The molecule has 1 amide bonds. The molecule has 0 saturated heterocycles. The predicted octanol–water partition coefficient (Wildman–Crippen LogP) is 1.86. The molecule has 0 fully saturated rings. The van der Waals surface area contributed by atoms with Gasteiger partial charge in [0.1, 0.15) is 5.75 Å². The first-order valence-electron chi connectivity index (χ1n) is 7.72. The number of amidine groups is 1. The monoisotopic (exact) mass is 342 g/mol. The van der Waals surface area contributed by atoms with E-state index in [1.807, 2.05) is 42.5 Å². The Bertz CT molecular complexity index is 776. The van der Waals surface area contributed by atoms with Gasteiger partial charge < -0.3 is 10.1 Å². The Hall–Kier alpha value is -2.31. The van der Waals surface area contributed by atoms with Crippen molar-refractivity contribution in [2.75, 3.05) is 19.4 Å². The third-order valence-corrected chi connectivity index (χ3v) is 4.75. The standard InChI is InChI=1S/C18H19N3O2S/c1-23-15-8-3-2-7-14(15)16(21-18-20-9-10-24-18)12-5-4-6-13(11-12)17(19)22/h2-8,11,16H,9-10H2,1H3,(H2,19,22)(H,20,21)/p+1. The quantitative estimate of drug-likeness (QED) is 0.869. The topological polar surface area (TPSA) is 78.3 Å². The van der Waals surface area contributed by atoms with Crippen LogP contribution < -0.4 is 15.8 Å². The van der Waals surface area contributed by atoms with Gasteiger partial charge in [-0.2, -0.15) is 0 Å². The van der Waals surface area contributed by atoms with Crippen molar-refractivity contribution in [2.24, 2.45) is 4.99 Å². The Morgan fingerprint density at radius 1 is 1.29 bits per heavy atom. The smallest absolute Gasteiger partial charge is 0.340 e. The molecule has 5 nitrogen and oxygen atoms in total. The summed E-state index contributed by atoms with van der Waals surface area (Å²) in [7, 11) is 1.66. The van der Waals surface area contributed by atoms with E-state index in [1.54, 1.807) is 24.9 Å². The molecular formula is C18H20N3O2S+. The molecule has 124 valence electrons. The molecule has 4 N–H and O–H groups in total. The fourth-order valence-corrected chi connectivity index (χ4v) is 3.44. The first kappa shape index (κ1) is 16.5. The van der Waals surface area contributed by atoms with Gasteiger partial charge >= 0.3 is 5.91 Å². The zero-order valence-corrected chi connectivity index (χ0v) is 14.3. The second-order valence-corrected chi connectivity index (χ2v) is 6.49. The Labute approximate surface area is 145 Å². The van der Waals surface area contributed by atoms with E-state index in [-0.39, 0.29) is 11.9 Å². The summed E-state index contributed by atoms with van der Waals surface area (Å²) in [5.41, 5.74) is 6.08. The predicted molar refractivity (Wildman–Crippen MR) is 96.4 cm³/mol. The first-order chi connectivity index (χ1) is 11.7.